The average molecular weight is 411 g/mol. The van der Waals surface area contributed by atoms with Crippen LogP contribution in [0.1, 0.15) is 39.2 Å². The van der Waals surface area contributed by atoms with Crippen molar-refractivity contribution in [3.05, 3.63) is 61.5 Å². The zero-order valence-corrected chi connectivity index (χ0v) is 16.4. The molecule has 0 bridgehead atoms. The number of carbonyl (C=O) groups excluding carboxylic acids is 2. The second-order valence-electron chi connectivity index (χ2n) is 6.38. The highest BCUT2D eigenvalue weighted by molar-refractivity contribution is 7.17. The summed E-state index contributed by atoms with van der Waals surface area (Å²) >= 11 is 1.33. The predicted molar refractivity (Wildman–Crippen MR) is 108 cm³/mol. The standard InChI is InChI=1S/C20H17N3O5S/c1-28-20(25)17-15-4-2-3-5-16(15)29-19(17)22-18(24)13(11-21)10-12-6-8-14(9-7-12)23(26)27/h6-10H,2-5H2,1H3,(H,22,24)/b13-10+. The fraction of sp³-hybridized carbons (Fsp3) is 0.250. The number of esters is 1. The number of nitrogens with one attached hydrogen (secondary N) is 1. The number of hydrogen-bond acceptors (Lipinski definition) is 7. The molecule has 0 fully saturated rings. The second kappa shape index (κ2) is 8.67. The molecule has 9 heteroatoms. The average Bonchev–Trinajstić information content (AvgIpc) is 3.09. The number of amides is 1. The summed E-state index contributed by atoms with van der Waals surface area (Å²) in [5, 5.41) is 23.2. The van der Waals surface area contributed by atoms with E-state index < -0.39 is 16.8 Å². The van der Waals surface area contributed by atoms with E-state index >= 15 is 0 Å². The first-order chi connectivity index (χ1) is 13.9. The highest BCUT2D eigenvalue weighted by Gasteiger charge is 2.27. The molecule has 2 aromatic rings. The van der Waals surface area contributed by atoms with Crippen molar-refractivity contribution >= 4 is 40.0 Å². The van der Waals surface area contributed by atoms with Crippen LogP contribution in [-0.2, 0) is 22.4 Å². The Bertz CT molecular complexity index is 1050. The summed E-state index contributed by atoms with van der Waals surface area (Å²) in [4.78, 5) is 36.2. The summed E-state index contributed by atoms with van der Waals surface area (Å²) in [6, 6.07) is 7.32. The highest BCUT2D eigenvalue weighted by atomic mass is 32.1. The van der Waals surface area contributed by atoms with E-state index in [1.807, 2.05) is 6.07 Å². The summed E-state index contributed by atoms with van der Waals surface area (Å²) in [7, 11) is 1.29. The maximum absolute atomic E-state index is 12.6. The zero-order chi connectivity index (χ0) is 21.0. The molecular weight excluding hydrogens is 394 g/mol. The van der Waals surface area contributed by atoms with Crippen molar-refractivity contribution in [2.75, 3.05) is 12.4 Å². The Labute approximate surface area is 170 Å². The van der Waals surface area contributed by atoms with Gasteiger partial charge in [-0.15, -0.1) is 11.3 Å². The molecule has 1 heterocycles. The van der Waals surface area contributed by atoms with Gasteiger partial charge >= 0.3 is 5.97 Å². The number of methoxy groups -OCH3 is 1. The van der Waals surface area contributed by atoms with Crippen molar-refractivity contribution in [3.8, 4) is 6.07 Å². The lowest BCUT2D eigenvalue weighted by atomic mass is 9.95. The van der Waals surface area contributed by atoms with Gasteiger partial charge in [0.05, 0.1) is 17.6 Å². The fourth-order valence-corrected chi connectivity index (χ4v) is 4.42. The van der Waals surface area contributed by atoms with E-state index in [9.17, 15) is 25.0 Å². The number of thiophene rings is 1. The molecule has 1 aromatic carbocycles. The number of fused-ring (bicyclic) bond motifs is 1. The minimum Gasteiger partial charge on any atom is -0.465 e. The van der Waals surface area contributed by atoms with Gasteiger partial charge in [0.25, 0.3) is 11.6 Å². The van der Waals surface area contributed by atoms with E-state index in [0.29, 0.717) is 16.1 Å². The normalized spacial score (nSPS) is 13.2. The molecule has 1 aromatic heterocycles. The largest absolute Gasteiger partial charge is 0.465 e. The van der Waals surface area contributed by atoms with Crippen LogP contribution in [0.4, 0.5) is 10.7 Å². The van der Waals surface area contributed by atoms with Crippen LogP contribution in [0.25, 0.3) is 6.08 Å². The maximum atomic E-state index is 12.6. The third-order valence-corrected chi connectivity index (χ3v) is 5.78. The Balaban J connectivity index is 1.88. The molecule has 0 radical (unpaired) electrons. The Morgan fingerprint density at radius 1 is 1.28 bits per heavy atom. The highest BCUT2D eigenvalue weighted by Crippen LogP contribution is 2.38. The summed E-state index contributed by atoms with van der Waals surface area (Å²) < 4.78 is 4.88. The van der Waals surface area contributed by atoms with Gasteiger partial charge in [-0.05, 0) is 55.0 Å². The first-order valence-electron chi connectivity index (χ1n) is 8.85. The van der Waals surface area contributed by atoms with E-state index in [0.717, 1.165) is 36.1 Å². The van der Waals surface area contributed by atoms with E-state index in [1.165, 1.54) is 48.8 Å². The lowest BCUT2D eigenvalue weighted by molar-refractivity contribution is -0.384. The van der Waals surface area contributed by atoms with E-state index in [4.69, 9.17) is 4.74 Å². The SMILES string of the molecule is COC(=O)c1c(NC(=O)/C(C#N)=C/c2ccc([N+](=O)[O-])cc2)sc2c1CCCC2. The Kier molecular flexibility index (Phi) is 6.04. The smallest absolute Gasteiger partial charge is 0.341 e. The molecule has 29 heavy (non-hydrogen) atoms. The maximum Gasteiger partial charge on any atom is 0.341 e. The molecule has 1 N–H and O–H groups in total. The molecule has 0 saturated carbocycles. The number of nitro groups is 1. The number of nitro benzene ring substituents is 1. The quantitative estimate of drug-likeness (QED) is 0.262. The van der Waals surface area contributed by atoms with Crippen molar-refractivity contribution in [3.63, 3.8) is 0 Å². The summed E-state index contributed by atoms with van der Waals surface area (Å²) in [6.45, 7) is 0. The van der Waals surface area contributed by atoms with Crippen LogP contribution in [0, 0.1) is 21.4 Å². The minimum absolute atomic E-state index is 0.0861. The molecular formula is C20H17N3O5S. The number of non-ortho nitro benzene ring substituents is 1. The molecule has 1 amide bonds. The Morgan fingerprint density at radius 3 is 2.59 bits per heavy atom. The van der Waals surface area contributed by atoms with Crippen molar-refractivity contribution in [1.82, 2.24) is 0 Å². The number of nitriles is 1. The van der Waals surface area contributed by atoms with Gasteiger partial charge in [0, 0.05) is 17.0 Å². The van der Waals surface area contributed by atoms with E-state index in [1.54, 1.807) is 0 Å². The molecule has 0 aliphatic heterocycles. The van der Waals surface area contributed by atoms with Gasteiger partial charge in [-0.3, -0.25) is 14.9 Å². The van der Waals surface area contributed by atoms with Crippen LogP contribution in [0.15, 0.2) is 29.8 Å². The minimum atomic E-state index is -0.658. The predicted octanol–water partition coefficient (Wildman–Crippen LogP) is 3.87. The van der Waals surface area contributed by atoms with Crippen LogP contribution >= 0.6 is 11.3 Å². The molecule has 0 spiro atoms. The Morgan fingerprint density at radius 2 is 1.97 bits per heavy atom. The van der Waals surface area contributed by atoms with E-state index in [2.05, 4.69) is 5.32 Å². The summed E-state index contributed by atoms with van der Waals surface area (Å²) in [5.41, 5.74) is 1.47. The molecule has 3 rings (SSSR count). The van der Waals surface area contributed by atoms with Gasteiger partial charge in [0.2, 0.25) is 0 Å². The number of ether oxygens (including phenoxy) is 1. The molecule has 0 atom stereocenters. The van der Waals surface area contributed by atoms with Crippen LogP contribution in [0.3, 0.4) is 0 Å². The van der Waals surface area contributed by atoms with Gasteiger partial charge in [-0.25, -0.2) is 4.79 Å². The summed E-state index contributed by atoms with van der Waals surface area (Å²) in [5.74, 6) is -1.17. The second-order valence-corrected chi connectivity index (χ2v) is 7.48. The third-order valence-electron chi connectivity index (χ3n) is 4.57. The van der Waals surface area contributed by atoms with Crippen molar-refractivity contribution in [2.45, 2.75) is 25.7 Å². The lowest BCUT2D eigenvalue weighted by Crippen LogP contribution is -2.16. The van der Waals surface area contributed by atoms with Gasteiger partial charge in [0.1, 0.15) is 16.6 Å². The number of anilines is 1. The number of aryl methyl sites for hydroxylation is 1. The molecule has 148 valence electrons. The molecule has 0 saturated heterocycles. The number of hydrogen-bond donors (Lipinski definition) is 1. The van der Waals surface area contributed by atoms with Gasteiger partial charge in [0.15, 0.2) is 0 Å². The first-order valence-corrected chi connectivity index (χ1v) is 9.66. The zero-order valence-electron chi connectivity index (χ0n) is 15.6. The third kappa shape index (κ3) is 4.33. The van der Waals surface area contributed by atoms with Crippen LogP contribution < -0.4 is 5.32 Å². The first kappa shape index (κ1) is 20.2. The molecule has 8 nitrogen and oxygen atoms in total. The van der Waals surface area contributed by atoms with Gasteiger partial charge in [-0.1, -0.05) is 0 Å². The molecule has 1 aliphatic carbocycles. The van der Waals surface area contributed by atoms with Crippen molar-refractivity contribution < 1.29 is 19.2 Å². The Hall–Kier alpha value is -3.51. The number of benzene rings is 1. The monoisotopic (exact) mass is 411 g/mol. The van der Waals surface area contributed by atoms with Gasteiger partial charge in [-0.2, -0.15) is 5.26 Å². The van der Waals surface area contributed by atoms with Crippen molar-refractivity contribution in [1.29, 1.82) is 5.26 Å². The number of nitrogens with zero attached hydrogens (tertiary/aromatic N) is 2. The fourth-order valence-electron chi connectivity index (χ4n) is 3.15. The van der Waals surface area contributed by atoms with Crippen LogP contribution in [-0.4, -0.2) is 23.9 Å². The van der Waals surface area contributed by atoms with E-state index in [-0.39, 0.29) is 11.3 Å². The molecule has 1 aliphatic rings. The lowest BCUT2D eigenvalue weighted by Gasteiger charge is -2.11. The molecule has 0 unspecified atom stereocenters. The van der Waals surface area contributed by atoms with Crippen LogP contribution in [0.5, 0.6) is 0 Å². The number of carbonyl (C=O) groups is 2. The summed E-state index contributed by atoms with van der Waals surface area (Å²) in [6.07, 6.45) is 4.90. The van der Waals surface area contributed by atoms with Crippen LogP contribution in [0.2, 0.25) is 0 Å². The van der Waals surface area contributed by atoms with Crippen molar-refractivity contribution in [2.24, 2.45) is 0 Å². The topological polar surface area (TPSA) is 122 Å². The van der Waals surface area contributed by atoms with Gasteiger partial charge < -0.3 is 10.1 Å². The number of rotatable bonds is 5.